The van der Waals surface area contributed by atoms with Crippen LogP contribution < -0.4 is 0 Å². The summed E-state index contributed by atoms with van der Waals surface area (Å²) in [5.74, 6) is 0. The van der Waals surface area contributed by atoms with Crippen molar-refractivity contribution in [3.63, 3.8) is 0 Å². The summed E-state index contributed by atoms with van der Waals surface area (Å²) < 4.78 is 8.08. The molecule has 1 aliphatic rings. The van der Waals surface area contributed by atoms with Gasteiger partial charge in [-0.15, -0.1) is 13.2 Å². The maximum atomic E-state index is 9.74. The van der Waals surface area contributed by atoms with Gasteiger partial charge in [-0.3, -0.25) is 0 Å². The minimum Gasteiger partial charge on any atom is -0.438 e. The second kappa shape index (κ2) is 31.5. The first-order valence-electron chi connectivity index (χ1n) is 13.6. The lowest BCUT2D eigenvalue weighted by Crippen LogP contribution is -2.35. The Morgan fingerprint density at radius 2 is 1.24 bits per heavy atom. The van der Waals surface area contributed by atoms with E-state index in [1.165, 1.54) is 51.0 Å². The lowest BCUT2D eigenvalue weighted by Gasteiger charge is -2.46. The van der Waals surface area contributed by atoms with Gasteiger partial charge in [0.2, 0.25) is 0 Å². The third-order valence-electron chi connectivity index (χ3n) is 5.25. The molecule has 0 bridgehead atoms. The van der Waals surface area contributed by atoms with Gasteiger partial charge < -0.3 is 9.47 Å². The highest BCUT2D eigenvalue weighted by Crippen LogP contribution is 2.53. The van der Waals surface area contributed by atoms with Crippen LogP contribution in [0.25, 0.3) is 0 Å². The summed E-state index contributed by atoms with van der Waals surface area (Å²) in [5, 5.41) is 0. The van der Waals surface area contributed by atoms with Crippen LogP contribution in [-0.2, 0) is 9.47 Å². The number of carbonyl (C=O) groups is 1. The molecule has 0 aliphatic heterocycles. The van der Waals surface area contributed by atoms with Gasteiger partial charge in [0, 0.05) is 0 Å². The maximum absolute atomic E-state index is 9.74. The normalized spacial score (nSPS) is 20.0. The molecule has 0 aromatic carbocycles. The molecule has 2 unspecified atom stereocenters. The highest BCUT2D eigenvalue weighted by Gasteiger charge is 2.41. The van der Waals surface area contributed by atoms with Crippen molar-refractivity contribution < 1.29 is 14.3 Å². The Hall–Kier alpha value is -2.55. The zero-order valence-corrected chi connectivity index (χ0v) is 26.7. The van der Waals surface area contributed by atoms with E-state index in [0.717, 1.165) is 6.42 Å². The SMILES string of the molecule is C=C/C=C(\C=C)C1(C)CCCC(C)(C(/C=C\C)=C/CC)C1.C=CC.C=CC.CC.CC.COC(=O)OC. The first kappa shape index (κ1) is 44.4. The Bertz CT molecular complexity index is 655. The molecule has 2 atom stereocenters. The van der Waals surface area contributed by atoms with E-state index in [4.69, 9.17) is 0 Å². The van der Waals surface area contributed by atoms with Crippen molar-refractivity contribution >= 4 is 6.16 Å². The first-order chi connectivity index (χ1) is 17.6. The molecular weight excluding hydrogens is 456 g/mol. The Kier molecular flexibility index (Phi) is 37.8. The molecule has 1 rings (SSSR count). The van der Waals surface area contributed by atoms with Crippen LogP contribution >= 0.6 is 0 Å². The second-order valence-corrected chi connectivity index (χ2v) is 8.26. The molecule has 0 spiro atoms. The Morgan fingerprint density at radius 3 is 1.51 bits per heavy atom. The predicted molar refractivity (Wildman–Crippen MR) is 170 cm³/mol. The van der Waals surface area contributed by atoms with Crippen LogP contribution in [0.4, 0.5) is 4.79 Å². The highest BCUT2D eigenvalue weighted by atomic mass is 16.7. The number of hydrogen-bond acceptors (Lipinski definition) is 3. The highest BCUT2D eigenvalue weighted by molar-refractivity contribution is 5.59. The zero-order valence-electron chi connectivity index (χ0n) is 26.7. The summed E-state index contributed by atoms with van der Waals surface area (Å²) in [6.45, 7) is 35.5. The molecule has 3 heteroatoms. The van der Waals surface area contributed by atoms with Crippen molar-refractivity contribution in [2.75, 3.05) is 14.2 Å². The number of ether oxygens (including phenoxy) is 2. The van der Waals surface area contributed by atoms with Gasteiger partial charge in [-0.25, -0.2) is 4.79 Å². The molecular formula is C34H62O3. The number of rotatable bonds is 6. The van der Waals surface area contributed by atoms with Crippen LogP contribution in [0.2, 0.25) is 0 Å². The Balaban J connectivity index is -0.000000176. The summed E-state index contributed by atoms with van der Waals surface area (Å²) in [4.78, 5) is 9.74. The number of allylic oxidation sites excluding steroid dienone is 10. The van der Waals surface area contributed by atoms with E-state index in [2.05, 4.69) is 87.8 Å². The number of carbonyl (C=O) groups excluding carboxylic acids is 1. The fraction of sp³-hybridized carbons (Fsp3) is 0.559. The van der Waals surface area contributed by atoms with Crippen LogP contribution in [0.15, 0.2) is 86.1 Å². The van der Waals surface area contributed by atoms with Gasteiger partial charge >= 0.3 is 6.16 Å². The summed E-state index contributed by atoms with van der Waals surface area (Å²) in [7, 11) is 2.51. The number of methoxy groups -OCH3 is 2. The first-order valence-corrected chi connectivity index (χ1v) is 13.6. The van der Waals surface area contributed by atoms with Crippen LogP contribution in [-0.4, -0.2) is 20.4 Å². The lowest BCUT2D eigenvalue weighted by atomic mass is 9.58. The van der Waals surface area contributed by atoms with E-state index in [-0.39, 0.29) is 10.8 Å². The van der Waals surface area contributed by atoms with Crippen molar-refractivity contribution in [3.05, 3.63) is 86.1 Å². The van der Waals surface area contributed by atoms with Gasteiger partial charge in [-0.05, 0) is 68.4 Å². The minimum absolute atomic E-state index is 0.206. The van der Waals surface area contributed by atoms with E-state index in [1.54, 1.807) is 12.2 Å². The molecule has 0 saturated heterocycles. The van der Waals surface area contributed by atoms with Crippen molar-refractivity contribution in [1.29, 1.82) is 0 Å². The summed E-state index contributed by atoms with van der Waals surface area (Å²) >= 11 is 0. The van der Waals surface area contributed by atoms with Crippen LogP contribution in [0.3, 0.4) is 0 Å². The summed E-state index contributed by atoms with van der Waals surface area (Å²) in [6.07, 6.45) is 21.8. The zero-order chi connectivity index (χ0) is 30.3. The fourth-order valence-electron chi connectivity index (χ4n) is 4.04. The van der Waals surface area contributed by atoms with Crippen molar-refractivity contribution in [1.82, 2.24) is 0 Å². The lowest BCUT2D eigenvalue weighted by molar-refractivity contribution is 0.0924. The average molecular weight is 519 g/mol. The molecule has 37 heavy (non-hydrogen) atoms. The van der Waals surface area contributed by atoms with Gasteiger partial charge in [0.25, 0.3) is 0 Å². The summed E-state index contributed by atoms with van der Waals surface area (Å²) in [6, 6.07) is 0. The molecule has 3 nitrogen and oxygen atoms in total. The Morgan fingerprint density at radius 1 is 0.838 bits per heavy atom. The molecule has 1 fully saturated rings. The third-order valence-corrected chi connectivity index (χ3v) is 5.25. The molecule has 0 heterocycles. The maximum Gasteiger partial charge on any atom is 0.507 e. The van der Waals surface area contributed by atoms with Gasteiger partial charge in [0.15, 0.2) is 0 Å². The van der Waals surface area contributed by atoms with E-state index >= 15 is 0 Å². The van der Waals surface area contributed by atoms with E-state index in [0.29, 0.717) is 0 Å². The molecule has 216 valence electrons. The van der Waals surface area contributed by atoms with Gasteiger partial charge in [-0.1, -0.05) is 117 Å². The topological polar surface area (TPSA) is 35.5 Å². The predicted octanol–water partition coefficient (Wildman–Crippen LogP) is 11.6. The van der Waals surface area contributed by atoms with E-state index in [9.17, 15) is 4.79 Å². The van der Waals surface area contributed by atoms with Gasteiger partial charge in [0.05, 0.1) is 14.2 Å². The molecule has 1 aliphatic carbocycles. The number of hydrogen-bond donors (Lipinski definition) is 0. The van der Waals surface area contributed by atoms with Crippen LogP contribution in [0, 0.1) is 10.8 Å². The quantitative estimate of drug-likeness (QED) is 0.199. The summed E-state index contributed by atoms with van der Waals surface area (Å²) in [5.41, 5.74) is 3.30. The molecule has 0 aromatic heterocycles. The van der Waals surface area contributed by atoms with Crippen molar-refractivity contribution in [3.8, 4) is 0 Å². The van der Waals surface area contributed by atoms with Crippen LogP contribution in [0.1, 0.15) is 101 Å². The van der Waals surface area contributed by atoms with Crippen molar-refractivity contribution in [2.24, 2.45) is 10.8 Å². The minimum atomic E-state index is -0.657. The second-order valence-electron chi connectivity index (χ2n) is 8.26. The monoisotopic (exact) mass is 518 g/mol. The fourth-order valence-corrected chi connectivity index (χ4v) is 4.04. The van der Waals surface area contributed by atoms with Crippen LogP contribution in [0.5, 0.6) is 0 Å². The van der Waals surface area contributed by atoms with E-state index in [1.807, 2.05) is 53.7 Å². The largest absolute Gasteiger partial charge is 0.507 e. The average Bonchev–Trinajstić information content (AvgIpc) is 2.90. The smallest absolute Gasteiger partial charge is 0.438 e. The van der Waals surface area contributed by atoms with Crippen molar-refractivity contribution in [2.45, 2.75) is 101 Å². The molecule has 0 radical (unpaired) electrons. The molecule has 0 N–H and O–H groups in total. The van der Waals surface area contributed by atoms with E-state index < -0.39 is 6.16 Å². The molecule has 1 saturated carbocycles. The standard InChI is InChI=1S/C21H32.C3H6O3.2C3H6.2C2H6/c1-7-12-18(10-4)20(5)15-11-16-21(6,17-20)19(13-8-2)14-9-3;1-5-3(4)6-2;2*1-3-2;2*1-2/h7-8,10,12-14H,1,4,9,11,15-17H2,2-3,5-6H3;1-2H3;2*3H,1H2,2H3;2*1-2H3/b13-8-,18-12+,19-14+;;;;;. The molecule has 0 amide bonds. The molecule has 0 aromatic rings. The van der Waals surface area contributed by atoms with Gasteiger partial charge in [-0.2, -0.15) is 0 Å². The Labute approximate surface area is 232 Å². The third kappa shape index (κ3) is 22.4. The van der Waals surface area contributed by atoms with Gasteiger partial charge in [0.1, 0.15) is 0 Å².